The maximum atomic E-state index is 7.07. The molecule has 0 unspecified atom stereocenters. The van der Waals surface area contributed by atoms with Crippen LogP contribution in [-0.2, 0) is 16.2 Å². The van der Waals surface area contributed by atoms with Gasteiger partial charge in [-0.05, 0) is 105 Å². The summed E-state index contributed by atoms with van der Waals surface area (Å²) in [5, 5.41) is 2.32. The number of hydrogen-bond donors (Lipinski definition) is 0. The van der Waals surface area contributed by atoms with Crippen molar-refractivity contribution in [2.45, 2.75) is 85.5 Å². The van der Waals surface area contributed by atoms with Crippen LogP contribution in [-0.4, -0.2) is 16.2 Å². The quantitative estimate of drug-likeness (QED) is 0.137. The molecule has 0 atom stereocenters. The van der Waals surface area contributed by atoms with Crippen molar-refractivity contribution in [1.82, 2.24) is 9.55 Å². The van der Waals surface area contributed by atoms with E-state index in [0.29, 0.717) is 6.67 Å². The largest absolute Gasteiger partial charge is 0.457 e. The van der Waals surface area contributed by atoms with Gasteiger partial charge in [0.05, 0.1) is 17.7 Å². The molecule has 0 saturated heterocycles. The molecule has 69 heavy (non-hydrogen) atoms. The predicted molar refractivity (Wildman–Crippen MR) is 290 cm³/mol. The van der Waals surface area contributed by atoms with Crippen molar-refractivity contribution in [2.75, 3.05) is 16.5 Å². The van der Waals surface area contributed by atoms with Crippen LogP contribution in [0.2, 0.25) is 0 Å². The van der Waals surface area contributed by atoms with Gasteiger partial charge < -0.3 is 14.5 Å². The number of aromatic nitrogens is 2. The molecule has 0 saturated carbocycles. The normalized spacial score (nSPS) is 13.6. The Balaban J connectivity index is 1.10. The number of benzene rings is 7. The average Bonchev–Trinajstić information content (AvgIpc) is 3.95. The number of ether oxygens (including phenoxy) is 1. The lowest BCUT2D eigenvalue weighted by Gasteiger charge is -2.32. The molecule has 2 aromatic heterocycles. The zero-order valence-corrected chi connectivity index (χ0v) is 41.9. The molecule has 5 heteroatoms. The average molecular weight is 905 g/mol. The third-order valence-corrected chi connectivity index (χ3v) is 14.4. The SMILES string of the molecule is CC(C)(C)C1=CN(c2cc(Oc3ccc4c5cc(C(C)(C)c6ccccc6)ccc5n(-c5cc(C(C)(C)c6ccccc6)ccn5)c4c3)cc(-c3ccccc3)c2)CN1c1cccc(C(C)(C)C)c1. The van der Waals surface area contributed by atoms with E-state index in [2.05, 4.69) is 272 Å². The van der Waals surface area contributed by atoms with E-state index in [9.17, 15) is 0 Å². The topological polar surface area (TPSA) is 33.5 Å². The van der Waals surface area contributed by atoms with E-state index in [0.717, 1.165) is 50.6 Å². The summed E-state index contributed by atoms with van der Waals surface area (Å²) in [5.74, 6) is 2.38. The van der Waals surface area contributed by atoms with Crippen LogP contribution in [0, 0.1) is 5.41 Å². The Morgan fingerprint density at radius 3 is 1.72 bits per heavy atom. The van der Waals surface area contributed by atoms with Crippen LogP contribution in [0.5, 0.6) is 11.5 Å². The van der Waals surface area contributed by atoms with Crippen LogP contribution in [0.4, 0.5) is 11.4 Å². The lowest BCUT2D eigenvalue weighted by atomic mass is 9.78. The number of rotatable bonds is 10. The highest BCUT2D eigenvalue weighted by Crippen LogP contribution is 2.44. The van der Waals surface area contributed by atoms with Crippen LogP contribution in [0.1, 0.15) is 97.1 Å². The number of fused-ring (bicyclic) bond motifs is 3. The molecule has 1 aliphatic heterocycles. The van der Waals surface area contributed by atoms with Crippen LogP contribution in [0.25, 0.3) is 38.8 Å². The Hall–Kier alpha value is -7.37. The van der Waals surface area contributed by atoms with Crippen molar-refractivity contribution >= 4 is 33.2 Å². The minimum Gasteiger partial charge on any atom is -0.457 e. The first-order valence-electron chi connectivity index (χ1n) is 24.4. The van der Waals surface area contributed by atoms with E-state index < -0.39 is 0 Å². The van der Waals surface area contributed by atoms with Crippen molar-refractivity contribution in [3.8, 4) is 28.4 Å². The molecule has 5 nitrogen and oxygen atoms in total. The van der Waals surface area contributed by atoms with E-state index in [1.165, 1.54) is 44.6 Å². The van der Waals surface area contributed by atoms with Gasteiger partial charge in [0.1, 0.15) is 17.3 Å². The lowest BCUT2D eigenvalue weighted by Crippen LogP contribution is -2.30. The summed E-state index contributed by atoms with van der Waals surface area (Å²) in [6.45, 7) is 23.6. The van der Waals surface area contributed by atoms with Crippen molar-refractivity contribution in [3.63, 3.8) is 0 Å². The molecule has 0 aliphatic carbocycles. The fraction of sp³-hybridized carbons (Fsp3) is 0.234. The third kappa shape index (κ3) is 8.72. The maximum absolute atomic E-state index is 7.07. The first-order valence-corrected chi connectivity index (χ1v) is 24.4. The van der Waals surface area contributed by atoms with Crippen molar-refractivity contribution in [2.24, 2.45) is 5.41 Å². The minimum absolute atomic E-state index is 0.0384. The smallest absolute Gasteiger partial charge is 0.137 e. The van der Waals surface area contributed by atoms with E-state index in [-0.39, 0.29) is 21.7 Å². The monoisotopic (exact) mass is 905 g/mol. The van der Waals surface area contributed by atoms with Gasteiger partial charge in [-0.2, -0.15) is 0 Å². The fourth-order valence-electron chi connectivity index (χ4n) is 10.0. The summed E-state index contributed by atoms with van der Waals surface area (Å²) >= 11 is 0. The van der Waals surface area contributed by atoms with E-state index in [1.807, 2.05) is 6.20 Å². The number of hydrogen-bond acceptors (Lipinski definition) is 4. The molecule has 1 aliphatic rings. The minimum atomic E-state index is -0.244. The molecule has 9 aromatic rings. The highest BCUT2D eigenvalue weighted by molar-refractivity contribution is 6.10. The molecule has 7 aromatic carbocycles. The molecule has 0 spiro atoms. The molecule has 0 radical (unpaired) electrons. The molecule has 0 N–H and O–H groups in total. The van der Waals surface area contributed by atoms with Gasteiger partial charge in [0.15, 0.2) is 0 Å². The van der Waals surface area contributed by atoms with Gasteiger partial charge in [0.25, 0.3) is 0 Å². The maximum Gasteiger partial charge on any atom is 0.137 e. The first-order chi connectivity index (χ1) is 32.9. The van der Waals surface area contributed by atoms with Crippen LogP contribution < -0.4 is 14.5 Å². The Kier molecular flexibility index (Phi) is 11.4. The second kappa shape index (κ2) is 17.3. The first kappa shape index (κ1) is 45.4. The predicted octanol–water partition coefficient (Wildman–Crippen LogP) is 16.8. The molecule has 0 amide bonds. The van der Waals surface area contributed by atoms with E-state index in [4.69, 9.17) is 9.72 Å². The Morgan fingerprint density at radius 2 is 1.07 bits per heavy atom. The number of allylic oxidation sites excluding steroid dienone is 1. The summed E-state index contributed by atoms with van der Waals surface area (Å²) in [6.07, 6.45) is 4.28. The highest BCUT2D eigenvalue weighted by Gasteiger charge is 2.33. The second-order valence-electron chi connectivity index (χ2n) is 21.9. The third-order valence-electron chi connectivity index (χ3n) is 14.4. The van der Waals surface area contributed by atoms with Crippen LogP contribution >= 0.6 is 0 Å². The van der Waals surface area contributed by atoms with Crippen molar-refractivity contribution in [1.29, 1.82) is 0 Å². The van der Waals surface area contributed by atoms with Crippen molar-refractivity contribution in [3.05, 3.63) is 228 Å². The second-order valence-corrected chi connectivity index (χ2v) is 21.9. The number of nitrogens with zero attached hydrogens (tertiary/aromatic N) is 4. The van der Waals surface area contributed by atoms with Crippen LogP contribution in [0.3, 0.4) is 0 Å². The number of anilines is 2. The highest BCUT2D eigenvalue weighted by atomic mass is 16.5. The molecule has 3 heterocycles. The summed E-state index contributed by atoms with van der Waals surface area (Å²) < 4.78 is 9.39. The molecule has 346 valence electrons. The molecular weight excluding hydrogens is 841 g/mol. The van der Waals surface area contributed by atoms with Gasteiger partial charge in [-0.1, -0.05) is 178 Å². The molecular formula is C64H64N4O. The number of pyridine rings is 1. The van der Waals surface area contributed by atoms with Crippen molar-refractivity contribution < 1.29 is 4.74 Å². The standard InChI is InChI=1S/C64H64N4O/c1-61(2,3)48-27-20-28-51(37-48)67-43-66(42-59(67)62(4,5)6)52-35-45(44-21-14-11-15-22-44)36-54(40-52)69-53-30-31-55-56-38-49(63(7,8)46-23-16-12-17-24-46)29-32-57(56)68(58(55)41-53)60-39-50(33-34-65-60)64(9,10)47-25-18-13-19-26-47/h11-42H,43H2,1-10H3. The summed E-state index contributed by atoms with van der Waals surface area (Å²) in [6, 6.07) is 65.7. The van der Waals surface area contributed by atoms with Gasteiger partial charge in [0, 0.05) is 68.6 Å². The fourth-order valence-corrected chi connectivity index (χ4v) is 10.0. The van der Waals surface area contributed by atoms with Gasteiger partial charge in [-0.25, -0.2) is 4.98 Å². The Bertz CT molecular complexity index is 3350. The lowest BCUT2D eigenvalue weighted by molar-refractivity contribution is 0.483. The summed E-state index contributed by atoms with van der Waals surface area (Å²) in [5.41, 5.74) is 13.7. The molecule has 10 rings (SSSR count). The Morgan fingerprint density at radius 1 is 0.435 bits per heavy atom. The van der Waals surface area contributed by atoms with Gasteiger partial charge in [-0.3, -0.25) is 4.57 Å². The molecule has 0 bridgehead atoms. The van der Waals surface area contributed by atoms with Gasteiger partial charge in [0.2, 0.25) is 0 Å². The van der Waals surface area contributed by atoms with Gasteiger partial charge in [-0.15, -0.1) is 0 Å². The van der Waals surface area contributed by atoms with E-state index >= 15 is 0 Å². The van der Waals surface area contributed by atoms with Gasteiger partial charge >= 0.3 is 0 Å². The molecule has 0 fully saturated rings. The van der Waals surface area contributed by atoms with Crippen LogP contribution in [0.15, 0.2) is 200 Å². The Labute approximate surface area is 409 Å². The zero-order valence-electron chi connectivity index (χ0n) is 41.9. The summed E-state index contributed by atoms with van der Waals surface area (Å²) in [7, 11) is 0. The zero-order chi connectivity index (χ0) is 48.3. The summed E-state index contributed by atoms with van der Waals surface area (Å²) in [4.78, 5) is 9.93. The van der Waals surface area contributed by atoms with E-state index in [1.54, 1.807) is 0 Å².